The first kappa shape index (κ1) is 14.0. The molecule has 0 saturated heterocycles. The molecule has 17 heavy (non-hydrogen) atoms. The van der Waals surface area contributed by atoms with Gasteiger partial charge in [0.25, 0.3) is 0 Å². The van der Waals surface area contributed by atoms with Gasteiger partial charge in [0.2, 0.25) is 5.91 Å². The number of amides is 1. The van der Waals surface area contributed by atoms with Gasteiger partial charge in [-0.25, -0.2) is 0 Å². The maximum atomic E-state index is 10.9. The molecule has 0 aliphatic heterocycles. The fourth-order valence-electron chi connectivity index (χ4n) is 1.50. The van der Waals surface area contributed by atoms with Crippen molar-refractivity contribution in [1.82, 2.24) is 0 Å². The molecule has 1 aromatic carbocycles. The molecule has 0 saturated carbocycles. The van der Waals surface area contributed by atoms with Crippen molar-refractivity contribution in [1.29, 1.82) is 0 Å². The molecule has 2 atom stereocenters. The number of hydrogen-bond donors (Lipinski definition) is 3. The van der Waals surface area contributed by atoms with Crippen molar-refractivity contribution in [3.05, 3.63) is 29.8 Å². The van der Waals surface area contributed by atoms with E-state index in [-0.39, 0.29) is 11.8 Å². The Hall–Kier alpha value is -1.10. The lowest BCUT2D eigenvalue weighted by atomic mass is 10.0. The van der Waals surface area contributed by atoms with Crippen molar-refractivity contribution < 1.29 is 15.0 Å². The molecule has 0 spiro atoms. The van der Waals surface area contributed by atoms with Crippen molar-refractivity contribution in [2.45, 2.75) is 25.6 Å². The summed E-state index contributed by atoms with van der Waals surface area (Å²) >= 11 is 5.50. The fraction of sp³-hybridized carbons (Fsp3) is 0.417. The summed E-state index contributed by atoms with van der Waals surface area (Å²) in [6.45, 7) is 1.41. The van der Waals surface area contributed by atoms with Crippen LogP contribution in [-0.4, -0.2) is 28.1 Å². The summed E-state index contributed by atoms with van der Waals surface area (Å²) in [5.41, 5.74) is 1.14. The number of aliphatic hydroxyl groups excluding tert-OH is 2. The van der Waals surface area contributed by atoms with Crippen LogP contribution in [0, 0.1) is 0 Å². The molecule has 2 unspecified atom stereocenters. The summed E-state index contributed by atoms with van der Waals surface area (Å²) in [6, 6.07) is 6.74. The molecule has 94 valence electrons. The van der Waals surface area contributed by atoms with Gasteiger partial charge in [-0.2, -0.15) is 0 Å². The van der Waals surface area contributed by atoms with E-state index < -0.39 is 12.2 Å². The van der Waals surface area contributed by atoms with Gasteiger partial charge in [0, 0.05) is 18.5 Å². The Balaban J connectivity index is 2.79. The molecule has 0 aliphatic carbocycles. The predicted octanol–water partition coefficient (Wildman–Crippen LogP) is 1.67. The van der Waals surface area contributed by atoms with E-state index in [0.29, 0.717) is 17.7 Å². The molecule has 1 amide bonds. The van der Waals surface area contributed by atoms with Gasteiger partial charge in [0.15, 0.2) is 0 Å². The number of hydrogen-bond acceptors (Lipinski definition) is 3. The lowest BCUT2D eigenvalue weighted by molar-refractivity contribution is -0.114. The number of nitrogens with one attached hydrogen (secondary N) is 1. The first-order valence-corrected chi connectivity index (χ1v) is 5.87. The molecule has 0 fully saturated rings. The zero-order valence-electron chi connectivity index (χ0n) is 9.56. The standard InChI is InChI=1S/C12H16ClNO3/c1-8(15)14-10-4-2-3-9(7-10)12(17)11(16)5-6-13/h2-4,7,11-12,16-17H,5-6H2,1H3,(H,14,15). The van der Waals surface area contributed by atoms with Crippen molar-refractivity contribution >= 4 is 23.2 Å². The van der Waals surface area contributed by atoms with E-state index in [1.54, 1.807) is 24.3 Å². The van der Waals surface area contributed by atoms with Crippen LogP contribution in [-0.2, 0) is 4.79 Å². The van der Waals surface area contributed by atoms with Crippen LogP contribution in [0.4, 0.5) is 5.69 Å². The topological polar surface area (TPSA) is 69.6 Å². The van der Waals surface area contributed by atoms with Gasteiger partial charge in [0.1, 0.15) is 6.10 Å². The molecule has 1 rings (SSSR count). The van der Waals surface area contributed by atoms with E-state index in [1.807, 2.05) is 0 Å². The fourth-order valence-corrected chi connectivity index (χ4v) is 1.72. The second-order valence-electron chi connectivity index (χ2n) is 3.80. The van der Waals surface area contributed by atoms with Gasteiger partial charge in [-0.3, -0.25) is 4.79 Å². The minimum atomic E-state index is -0.998. The molecule has 4 nitrogen and oxygen atoms in total. The lowest BCUT2D eigenvalue weighted by Gasteiger charge is -2.17. The van der Waals surface area contributed by atoms with Crippen molar-refractivity contribution in [2.75, 3.05) is 11.2 Å². The van der Waals surface area contributed by atoms with Crippen LogP contribution in [0.3, 0.4) is 0 Å². The van der Waals surface area contributed by atoms with Gasteiger partial charge in [-0.15, -0.1) is 11.6 Å². The third kappa shape index (κ3) is 4.34. The highest BCUT2D eigenvalue weighted by Crippen LogP contribution is 2.22. The largest absolute Gasteiger partial charge is 0.390 e. The highest BCUT2D eigenvalue weighted by atomic mass is 35.5. The normalized spacial score (nSPS) is 14.1. The van der Waals surface area contributed by atoms with Crippen LogP contribution < -0.4 is 5.32 Å². The molecule has 0 aliphatic rings. The van der Waals surface area contributed by atoms with E-state index in [1.165, 1.54) is 6.92 Å². The summed E-state index contributed by atoms with van der Waals surface area (Å²) in [6.07, 6.45) is -1.59. The SMILES string of the molecule is CC(=O)Nc1cccc(C(O)C(O)CCCl)c1. The number of aliphatic hydroxyl groups is 2. The summed E-state index contributed by atoms with van der Waals surface area (Å²) in [5, 5.41) is 22.1. The number of anilines is 1. The summed E-state index contributed by atoms with van der Waals surface area (Å²) < 4.78 is 0. The maximum absolute atomic E-state index is 10.9. The van der Waals surface area contributed by atoms with E-state index in [2.05, 4.69) is 5.32 Å². The highest BCUT2D eigenvalue weighted by Gasteiger charge is 2.17. The molecule has 0 bridgehead atoms. The maximum Gasteiger partial charge on any atom is 0.221 e. The van der Waals surface area contributed by atoms with Crippen LogP contribution in [0.25, 0.3) is 0 Å². The molecule has 5 heteroatoms. The van der Waals surface area contributed by atoms with E-state index in [4.69, 9.17) is 11.6 Å². The van der Waals surface area contributed by atoms with Crippen LogP contribution in [0.1, 0.15) is 25.0 Å². The van der Waals surface area contributed by atoms with Crippen molar-refractivity contribution in [3.8, 4) is 0 Å². The van der Waals surface area contributed by atoms with Gasteiger partial charge in [-0.05, 0) is 24.1 Å². The summed E-state index contributed by atoms with van der Waals surface area (Å²) in [4.78, 5) is 10.9. The Morgan fingerprint density at radius 3 is 2.76 bits per heavy atom. The monoisotopic (exact) mass is 257 g/mol. The average Bonchev–Trinajstić information content (AvgIpc) is 2.28. The Bertz CT molecular complexity index is 384. The summed E-state index contributed by atoms with van der Waals surface area (Å²) in [5.74, 6) is 0.0989. The Labute approximate surface area is 105 Å². The Morgan fingerprint density at radius 1 is 1.47 bits per heavy atom. The number of halogens is 1. The quantitative estimate of drug-likeness (QED) is 0.703. The van der Waals surface area contributed by atoms with Crippen molar-refractivity contribution in [3.63, 3.8) is 0 Å². The number of carbonyl (C=O) groups excluding carboxylic acids is 1. The van der Waals surface area contributed by atoms with E-state index in [0.717, 1.165) is 0 Å². The number of benzene rings is 1. The highest BCUT2D eigenvalue weighted by molar-refractivity contribution is 6.17. The molecular weight excluding hydrogens is 242 g/mol. The number of alkyl halides is 1. The second-order valence-corrected chi connectivity index (χ2v) is 4.17. The van der Waals surface area contributed by atoms with E-state index >= 15 is 0 Å². The lowest BCUT2D eigenvalue weighted by Crippen LogP contribution is -2.19. The molecule has 1 aromatic rings. The zero-order chi connectivity index (χ0) is 12.8. The van der Waals surface area contributed by atoms with Gasteiger partial charge < -0.3 is 15.5 Å². The molecular formula is C12H16ClNO3. The second kappa shape index (κ2) is 6.59. The van der Waals surface area contributed by atoms with Crippen LogP contribution in [0.5, 0.6) is 0 Å². The molecule has 0 aromatic heterocycles. The smallest absolute Gasteiger partial charge is 0.221 e. The van der Waals surface area contributed by atoms with E-state index in [9.17, 15) is 15.0 Å². The van der Waals surface area contributed by atoms with Crippen molar-refractivity contribution in [2.24, 2.45) is 0 Å². The summed E-state index contributed by atoms with van der Waals surface area (Å²) in [7, 11) is 0. The van der Waals surface area contributed by atoms with Gasteiger partial charge in [0.05, 0.1) is 6.10 Å². The third-order valence-corrected chi connectivity index (χ3v) is 2.54. The van der Waals surface area contributed by atoms with Crippen LogP contribution >= 0.6 is 11.6 Å². The molecule has 0 radical (unpaired) electrons. The first-order valence-electron chi connectivity index (χ1n) is 5.34. The Morgan fingerprint density at radius 2 is 2.18 bits per heavy atom. The molecule has 3 N–H and O–H groups in total. The zero-order valence-corrected chi connectivity index (χ0v) is 10.3. The van der Waals surface area contributed by atoms with Gasteiger partial charge in [-0.1, -0.05) is 12.1 Å². The minimum absolute atomic E-state index is 0.182. The van der Waals surface area contributed by atoms with Gasteiger partial charge >= 0.3 is 0 Å². The van der Waals surface area contributed by atoms with Crippen LogP contribution in [0.2, 0.25) is 0 Å². The first-order chi connectivity index (χ1) is 8.04. The minimum Gasteiger partial charge on any atom is -0.390 e. The van der Waals surface area contributed by atoms with Crippen LogP contribution in [0.15, 0.2) is 24.3 Å². The predicted molar refractivity (Wildman–Crippen MR) is 67.0 cm³/mol. The average molecular weight is 258 g/mol. The third-order valence-electron chi connectivity index (χ3n) is 2.32. The molecule has 0 heterocycles. The number of carbonyl (C=O) groups is 1. The Kier molecular flexibility index (Phi) is 5.41. The number of rotatable bonds is 5.